The minimum atomic E-state index is -0.249. The summed E-state index contributed by atoms with van der Waals surface area (Å²) in [4.78, 5) is 29.7. The fourth-order valence-electron chi connectivity index (χ4n) is 3.22. The number of aryl methyl sites for hydroxylation is 1. The standard InChI is InChI=1S/C20H24BN2O3S/c1-2-3-9-26-20(25)16-6-4-5-14-10-18(21-11-17(14)16)23-19(24)8-7-15-12-22-13-27-15/h4-6,12-13,18H,2-3,7-11H2,1H3,(H,23,24). The molecule has 7 heteroatoms. The summed E-state index contributed by atoms with van der Waals surface area (Å²) in [5.74, 6) is -0.207. The van der Waals surface area contributed by atoms with Gasteiger partial charge in [0.2, 0.25) is 5.91 Å². The Morgan fingerprint density at radius 2 is 2.30 bits per heavy atom. The second kappa shape index (κ2) is 9.69. The second-order valence-corrected chi connectivity index (χ2v) is 7.69. The minimum Gasteiger partial charge on any atom is -0.462 e. The van der Waals surface area contributed by atoms with Crippen molar-refractivity contribution in [1.29, 1.82) is 0 Å². The van der Waals surface area contributed by atoms with Gasteiger partial charge in [0.25, 0.3) is 0 Å². The van der Waals surface area contributed by atoms with Crippen molar-refractivity contribution in [3.05, 3.63) is 51.5 Å². The first-order chi connectivity index (χ1) is 13.2. The summed E-state index contributed by atoms with van der Waals surface area (Å²) >= 11 is 1.57. The van der Waals surface area contributed by atoms with Gasteiger partial charge in [-0.3, -0.25) is 9.78 Å². The highest BCUT2D eigenvalue weighted by Crippen LogP contribution is 2.22. The molecule has 1 aliphatic rings. The number of benzene rings is 1. The molecule has 1 aliphatic heterocycles. The Balaban J connectivity index is 1.55. The Labute approximate surface area is 164 Å². The third-order valence-electron chi connectivity index (χ3n) is 4.70. The van der Waals surface area contributed by atoms with Crippen molar-refractivity contribution in [2.75, 3.05) is 6.61 Å². The number of amides is 1. The molecule has 0 spiro atoms. The van der Waals surface area contributed by atoms with Crippen LogP contribution < -0.4 is 5.32 Å². The van der Waals surface area contributed by atoms with E-state index in [4.69, 9.17) is 4.74 Å². The van der Waals surface area contributed by atoms with Crippen LogP contribution in [0.5, 0.6) is 0 Å². The average Bonchev–Trinajstić information content (AvgIpc) is 3.19. The number of nitrogens with zero attached hydrogens (tertiary/aromatic N) is 1. The number of fused-ring (bicyclic) bond motifs is 1. The Kier molecular flexibility index (Phi) is 7.04. The van der Waals surface area contributed by atoms with Crippen molar-refractivity contribution >= 4 is 30.5 Å². The maximum Gasteiger partial charge on any atom is 0.338 e. The summed E-state index contributed by atoms with van der Waals surface area (Å²) in [5.41, 5.74) is 4.56. The van der Waals surface area contributed by atoms with Crippen LogP contribution in [-0.2, 0) is 28.7 Å². The van der Waals surface area contributed by atoms with Crippen molar-refractivity contribution in [3.63, 3.8) is 0 Å². The maximum absolute atomic E-state index is 12.3. The molecular weight excluding hydrogens is 359 g/mol. The lowest BCUT2D eigenvalue weighted by Crippen LogP contribution is -2.44. The molecule has 0 bridgehead atoms. The number of hydrogen-bond donors (Lipinski definition) is 1. The summed E-state index contributed by atoms with van der Waals surface area (Å²) in [6.07, 6.45) is 6.23. The monoisotopic (exact) mass is 383 g/mol. The number of ether oxygens (including phenoxy) is 1. The Bertz CT molecular complexity index is 780. The van der Waals surface area contributed by atoms with Crippen LogP contribution in [0.25, 0.3) is 0 Å². The number of rotatable bonds is 8. The molecule has 1 aromatic heterocycles. The van der Waals surface area contributed by atoms with Crippen LogP contribution in [0, 0.1) is 0 Å². The SMILES string of the molecule is CCCCOC(=O)c1cccc2c1C[B]C(NC(=O)CCc1cncs1)C2. The van der Waals surface area contributed by atoms with Crippen molar-refractivity contribution < 1.29 is 14.3 Å². The molecule has 2 aromatic rings. The number of aromatic nitrogens is 1. The first-order valence-corrected chi connectivity index (χ1v) is 10.3. The van der Waals surface area contributed by atoms with Gasteiger partial charge in [-0.15, -0.1) is 11.3 Å². The lowest BCUT2D eigenvalue weighted by atomic mass is 9.57. The van der Waals surface area contributed by atoms with Gasteiger partial charge in [-0.05, 0) is 36.5 Å². The van der Waals surface area contributed by atoms with Crippen LogP contribution in [0.4, 0.5) is 0 Å². The number of unbranched alkanes of at least 4 members (excludes halogenated alkanes) is 1. The van der Waals surface area contributed by atoms with Gasteiger partial charge in [0.15, 0.2) is 0 Å². The largest absolute Gasteiger partial charge is 0.462 e. The third kappa shape index (κ3) is 5.42. The van der Waals surface area contributed by atoms with Gasteiger partial charge in [-0.25, -0.2) is 4.79 Å². The summed E-state index contributed by atoms with van der Waals surface area (Å²) in [7, 11) is 2.08. The summed E-state index contributed by atoms with van der Waals surface area (Å²) in [5, 5.41) is 3.09. The number of nitrogens with one attached hydrogen (secondary N) is 1. The van der Waals surface area contributed by atoms with Crippen LogP contribution in [0.1, 0.15) is 52.5 Å². The fourth-order valence-corrected chi connectivity index (χ4v) is 3.82. The zero-order valence-corrected chi connectivity index (χ0v) is 16.4. The second-order valence-electron chi connectivity index (χ2n) is 6.72. The lowest BCUT2D eigenvalue weighted by Gasteiger charge is -2.26. The van der Waals surface area contributed by atoms with E-state index in [1.54, 1.807) is 16.8 Å². The molecule has 0 saturated carbocycles. The van der Waals surface area contributed by atoms with E-state index < -0.39 is 0 Å². The molecule has 1 aromatic carbocycles. The van der Waals surface area contributed by atoms with Gasteiger partial charge in [0, 0.05) is 23.4 Å². The topological polar surface area (TPSA) is 68.3 Å². The number of esters is 1. The van der Waals surface area contributed by atoms with Crippen LogP contribution in [0.15, 0.2) is 29.9 Å². The first kappa shape index (κ1) is 19.6. The highest BCUT2D eigenvalue weighted by Gasteiger charge is 2.25. The highest BCUT2D eigenvalue weighted by atomic mass is 32.1. The predicted octanol–water partition coefficient (Wildman–Crippen LogP) is 2.94. The minimum absolute atomic E-state index is 0.00202. The molecule has 3 rings (SSSR count). The van der Waals surface area contributed by atoms with E-state index in [1.165, 1.54) is 0 Å². The smallest absolute Gasteiger partial charge is 0.338 e. The van der Waals surface area contributed by atoms with Gasteiger partial charge in [-0.1, -0.05) is 31.8 Å². The van der Waals surface area contributed by atoms with Gasteiger partial charge in [0.1, 0.15) is 7.28 Å². The fraction of sp³-hybridized carbons (Fsp3) is 0.450. The van der Waals surface area contributed by atoms with Crippen LogP contribution in [-0.4, -0.2) is 36.7 Å². The van der Waals surface area contributed by atoms with E-state index >= 15 is 0 Å². The number of thiazole rings is 1. The van der Waals surface area contributed by atoms with E-state index in [1.807, 2.05) is 24.4 Å². The molecule has 1 atom stereocenters. The molecule has 27 heavy (non-hydrogen) atoms. The summed E-state index contributed by atoms with van der Waals surface area (Å²) < 4.78 is 5.37. The molecule has 0 saturated heterocycles. The molecule has 2 heterocycles. The predicted molar refractivity (Wildman–Crippen MR) is 107 cm³/mol. The summed E-state index contributed by atoms with van der Waals surface area (Å²) in [6.45, 7) is 2.53. The van der Waals surface area contributed by atoms with Crippen LogP contribution in [0.3, 0.4) is 0 Å². The van der Waals surface area contributed by atoms with E-state index in [2.05, 4.69) is 24.5 Å². The zero-order valence-electron chi connectivity index (χ0n) is 15.6. The van der Waals surface area contributed by atoms with Crippen LogP contribution in [0.2, 0.25) is 0 Å². The normalized spacial score (nSPS) is 15.5. The van der Waals surface area contributed by atoms with E-state index in [-0.39, 0.29) is 17.8 Å². The Hall–Kier alpha value is -2.15. The molecule has 0 fully saturated rings. The lowest BCUT2D eigenvalue weighted by molar-refractivity contribution is -0.121. The molecule has 141 valence electrons. The Morgan fingerprint density at radius 3 is 3.07 bits per heavy atom. The maximum atomic E-state index is 12.3. The van der Waals surface area contributed by atoms with Gasteiger partial charge < -0.3 is 10.1 Å². The number of carbonyl (C=O) groups is 2. The van der Waals surface area contributed by atoms with Crippen LogP contribution >= 0.6 is 11.3 Å². The van der Waals surface area contributed by atoms with Crippen molar-refractivity contribution in [1.82, 2.24) is 10.3 Å². The quantitative estimate of drug-likeness (QED) is 0.432. The average molecular weight is 383 g/mol. The zero-order chi connectivity index (χ0) is 19.1. The first-order valence-electron chi connectivity index (χ1n) is 9.45. The summed E-state index contributed by atoms with van der Waals surface area (Å²) in [6, 6.07) is 5.75. The number of hydrogen-bond acceptors (Lipinski definition) is 5. The number of carbonyl (C=O) groups excluding carboxylic acids is 2. The molecule has 0 aliphatic carbocycles. The van der Waals surface area contributed by atoms with Crippen molar-refractivity contribution in [2.45, 2.75) is 51.3 Å². The molecule has 1 radical (unpaired) electrons. The van der Waals surface area contributed by atoms with Gasteiger partial charge in [-0.2, -0.15) is 0 Å². The van der Waals surface area contributed by atoms with E-state index in [0.717, 1.165) is 28.8 Å². The molecule has 5 nitrogen and oxygen atoms in total. The molecule has 1 amide bonds. The van der Waals surface area contributed by atoms with Gasteiger partial charge >= 0.3 is 5.97 Å². The van der Waals surface area contributed by atoms with Gasteiger partial charge in [0.05, 0.1) is 17.7 Å². The van der Waals surface area contributed by atoms with E-state index in [9.17, 15) is 9.59 Å². The third-order valence-corrected chi connectivity index (χ3v) is 5.54. The van der Waals surface area contributed by atoms with Crippen molar-refractivity contribution in [2.24, 2.45) is 0 Å². The van der Waals surface area contributed by atoms with E-state index in [0.29, 0.717) is 37.8 Å². The molecular formula is C20H24BN2O3S. The highest BCUT2D eigenvalue weighted by molar-refractivity contribution is 7.09. The molecule has 1 N–H and O–H groups in total. The Morgan fingerprint density at radius 1 is 1.41 bits per heavy atom. The molecule has 1 unspecified atom stereocenters. The van der Waals surface area contributed by atoms with Crippen molar-refractivity contribution in [3.8, 4) is 0 Å².